The van der Waals surface area contributed by atoms with Gasteiger partial charge in [-0.05, 0) is 18.6 Å². The van der Waals surface area contributed by atoms with Gasteiger partial charge in [0.05, 0.1) is 6.20 Å². The fraction of sp³-hybridized carbons (Fsp3) is 0.176. The van der Waals surface area contributed by atoms with Crippen molar-refractivity contribution in [1.29, 1.82) is 0 Å². The van der Waals surface area contributed by atoms with Crippen molar-refractivity contribution in [3.63, 3.8) is 0 Å². The Morgan fingerprint density at radius 2 is 1.91 bits per heavy atom. The highest BCUT2D eigenvalue weighted by molar-refractivity contribution is 5.55. The first kappa shape index (κ1) is 14.3. The van der Waals surface area contributed by atoms with Crippen LogP contribution in [-0.2, 0) is 13.6 Å². The van der Waals surface area contributed by atoms with Crippen molar-refractivity contribution in [3.8, 4) is 11.4 Å². The summed E-state index contributed by atoms with van der Waals surface area (Å²) in [6, 6.07) is 11.5. The van der Waals surface area contributed by atoms with Gasteiger partial charge in [-0.25, -0.2) is 4.98 Å². The molecule has 22 heavy (non-hydrogen) atoms. The number of nitrogens with zero attached hydrogens (tertiary/aromatic N) is 3. The van der Waals surface area contributed by atoms with Crippen molar-refractivity contribution < 1.29 is 4.39 Å². The van der Waals surface area contributed by atoms with Crippen LogP contribution in [-0.4, -0.2) is 14.1 Å². The van der Waals surface area contributed by atoms with Crippen LogP contribution in [0.15, 0.2) is 53.6 Å². The van der Waals surface area contributed by atoms with E-state index in [1.54, 1.807) is 30.8 Å². The molecule has 0 unspecified atom stereocenters. The van der Waals surface area contributed by atoms with Gasteiger partial charge in [0.2, 0.25) is 5.95 Å². The molecule has 0 radical (unpaired) electrons. The number of rotatable bonds is 3. The van der Waals surface area contributed by atoms with E-state index in [4.69, 9.17) is 0 Å². The fourth-order valence-corrected chi connectivity index (χ4v) is 2.51. The van der Waals surface area contributed by atoms with Gasteiger partial charge < -0.3 is 9.13 Å². The molecule has 2 aromatic heterocycles. The molecule has 2 heterocycles. The molecule has 0 aliphatic carbocycles. The summed E-state index contributed by atoms with van der Waals surface area (Å²) in [7, 11) is 1.68. The third-order valence-corrected chi connectivity index (χ3v) is 3.56. The zero-order chi connectivity index (χ0) is 15.7. The van der Waals surface area contributed by atoms with E-state index in [0.29, 0.717) is 17.9 Å². The number of halogens is 1. The molecular weight excluding hydrogens is 281 g/mol. The van der Waals surface area contributed by atoms with E-state index in [9.17, 15) is 9.18 Å². The Kier molecular flexibility index (Phi) is 3.63. The molecule has 3 aromatic rings. The monoisotopic (exact) mass is 297 g/mol. The van der Waals surface area contributed by atoms with Gasteiger partial charge in [0.25, 0.3) is 5.56 Å². The van der Waals surface area contributed by atoms with Gasteiger partial charge in [-0.15, -0.1) is 0 Å². The van der Waals surface area contributed by atoms with Crippen molar-refractivity contribution in [1.82, 2.24) is 14.1 Å². The highest BCUT2D eigenvalue weighted by atomic mass is 19.1. The van der Waals surface area contributed by atoms with Crippen LogP contribution < -0.4 is 5.56 Å². The molecule has 0 saturated heterocycles. The molecule has 0 N–H and O–H groups in total. The minimum atomic E-state index is -0.530. The second-order valence-electron chi connectivity index (χ2n) is 5.33. The SMILES string of the molecule is Cc1cc(-c2nc(F)cn2Cc2ccccc2)cn(C)c1=O. The minimum Gasteiger partial charge on any atom is -0.323 e. The lowest BCUT2D eigenvalue weighted by atomic mass is 10.2. The van der Waals surface area contributed by atoms with E-state index in [2.05, 4.69) is 4.98 Å². The van der Waals surface area contributed by atoms with Gasteiger partial charge >= 0.3 is 0 Å². The topological polar surface area (TPSA) is 39.8 Å². The number of pyridine rings is 1. The Labute approximate surface area is 127 Å². The largest absolute Gasteiger partial charge is 0.323 e. The average Bonchev–Trinajstić information content (AvgIpc) is 2.86. The lowest BCUT2D eigenvalue weighted by molar-refractivity contribution is 0.588. The number of hydrogen-bond acceptors (Lipinski definition) is 2. The second-order valence-corrected chi connectivity index (χ2v) is 5.33. The lowest BCUT2D eigenvalue weighted by Gasteiger charge is -2.09. The minimum absolute atomic E-state index is 0.0645. The van der Waals surface area contributed by atoms with E-state index in [1.807, 2.05) is 30.3 Å². The van der Waals surface area contributed by atoms with Gasteiger partial charge in [0.1, 0.15) is 5.82 Å². The molecule has 0 aliphatic heterocycles. The molecule has 0 atom stereocenters. The highest BCUT2D eigenvalue weighted by Gasteiger charge is 2.12. The van der Waals surface area contributed by atoms with Crippen molar-refractivity contribution in [2.75, 3.05) is 0 Å². The molecule has 0 amide bonds. The Morgan fingerprint density at radius 3 is 2.59 bits per heavy atom. The third kappa shape index (κ3) is 2.70. The maximum absolute atomic E-state index is 13.7. The first-order valence-corrected chi connectivity index (χ1v) is 6.99. The maximum atomic E-state index is 13.7. The second kappa shape index (κ2) is 5.60. The average molecular weight is 297 g/mol. The van der Waals surface area contributed by atoms with Crippen LogP contribution in [0.25, 0.3) is 11.4 Å². The third-order valence-electron chi connectivity index (χ3n) is 3.56. The standard InChI is InChI=1S/C17H16FN3O/c1-12-8-14(10-20(2)17(12)22)16-19-15(18)11-21(16)9-13-6-4-3-5-7-13/h3-8,10-11H,9H2,1-2H3. The van der Waals surface area contributed by atoms with E-state index in [-0.39, 0.29) is 5.56 Å². The fourth-order valence-electron chi connectivity index (χ4n) is 2.51. The number of imidazole rings is 1. The first-order valence-electron chi connectivity index (χ1n) is 6.99. The lowest BCUT2D eigenvalue weighted by Crippen LogP contribution is -2.18. The zero-order valence-corrected chi connectivity index (χ0v) is 12.5. The van der Waals surface area contributed by atoms with Gasteiger partial charge in [0.15, 0.2) is 0 Å². The summed E-state index contributed by atoms with van der Waals surface area (Å²) < 4.78 is 16.9. The summed E-state index contributed by atoms with van der Waals surface area (Å²) in [5.41, 5.74) is 2.32. The number of aryl methyl sites for hydroxylation is 2. The van der Waals surface area contributed by atoms with E-state index >= 15 is 0 Å². The predicted octanol–water partition coefficient (Wildman–Crippen LogP) is 2.74. The predicted molar refractivity (Wildman–Crippen MR) is 83.1 cm³/mol. The van der Waals surface area contributed by atoms with Crippen molar-refractivity contribution in [2.24, 2.45) is 7.05 Å². The molecule has 5 heteroatoms. The summed E-state index contributed by atoms with van der Waals surface area (Å²) in [5, 5.41) is 0. The summed E-state index contributed by atoms with van der Waals surface area (Å²) in [5.74, 6) is -0.0162. The quantitative estimate of drug-likeness (QED) is 0.746. The van der Waals surface area contributed by atoms with Gasteiger partial charge in [-0.1, -0.05) is 30.3 Å². The zero-order valence-electron chi connectivity index (χ0n) is 12.5. The van der Waals surface area contributed by atoms with Crippen LogP contribution in [0.5, 0.6) is 0 Å². The van der Waals surface area contributed by atoms with Crippen LogP contribution in [0.3, 0.4) is 0 Å². The Morgan fingerprint density at radius 1 is 1.18 bits per heavy atom. The van der Waals surface area contributed by atoms with Crippen molar-refractivity contribution in [2.45, 2.75) is 13.5 Å². The molecular formula is C17H16FN3O. The number of aromatic nitrogens is 3. The molecule has 0 aliphatic rings. The van der Waals surface area contributed by atoms with Crippen LogP contribution in [0.2, 0.25) is 0 Å². The van der Waals surface area contributed by atoms with E-state index in [1.165, 1.54) is 10.8 Å². The molecule has 1 aromatic carbocycles. The molecule has 0 fully saturated rings. The van der Waals surface area contributed by atoms with Crippen LogP contribution in [0.4, 0.5) is 4.39 Å². The van der Waals surface area contributed by atoms with Crippen molar-refractivity contribution >= 4 is 0 Å². The molecule has 4 nitrogen and oxygen atoms in total. The summed E-state index contributed by atoms with van der Waals surface area (Å²) in [4.78, 5) is 15.8. The Bertz CT molecular complexity index is 839. The molecule has 0 bridgehead atoms. The molecule has 3 rings (SSSR count). The highest BCUT2D eigenvalue weighted by Crippen LogP contribution is 2.19. The van der Waals surface area contributed by atoms with E-state index < -0.39 is 5.95 Å². The van der Waals surface area contributed by atoms with E-state index in [0.717, 1.165) is 11.1 Å². The number of benzene rings is 1. The number of hydrogen-bond donors (Lipinski definition) is 0. The van der Waals surface area contributed by atoms with Crippen LogP contribution >= 0.6 is 0 Å². The normalized spacial score (nSPS) is 10.9. The van der Waals surface area contributed by atoms with Crippen molar-refractivity contribution in [3.05, 3.63) is 76.2 Å². The first-order chi connectivity index (χ1) is 10.5. The van der Waals surface area contributed by atoms with Gasteiger partial charge in [-0.3, -0.25) is 4.79 Å². The summed E-state index contributed by atoms with van der Waals surface area (Å²) in [6.45, 7) is 2.27. The maximum Gasteiger partial charge on any atom is 0.253 e. The molecule has 112 valence electrons. The van der Waals surface area contributed by atoms with Crippen LogP contribution in [0.1, 0.15) is 11.1 Å². The Balaban J connectivity index is 2.07. The smallest absolute Gasteiger partial charge is 0.253 e. The molecule has 0 saturated carbocycles. The van der Waals surface area contributed by atoms with Crippen LogP contribution in [0, 0.1) is 12.9 Å². The molecule has 0 spiro atoms. The Hall–Kier alpha value is -2.69. The summed E-state index contributed by atoms with van der Waals surface area (Å²) >= 11 is 0. The summed E-state index contributed by atoms with van der Waals surface area (Å²) in [6.07, 6.45) is 3.06. The van der Waals surface area contributed by atoms with Gasteiger partial charge in [-0.2, -0.15) is 4.39 Å². The van der Waals surface area contributed by atoms with Gasteiger partial charge in [0, 0.05) is 30.9 Å².